The number of carbonyl (C=O) groups is 3. The van der Waals surface area contributed by atoms with Crippen molar-refractivity contribution in [3.8, 4) is 0 Å². The van der Waals surface area contributed by atoms with Crippen molar-refractivity contribution in [2.24, 2.45) is 5.73 Å². The first-order chi connectivity index (χ1) is 9.36. The number of benzene rings is 1. The molecular formula is C13H17NO6. The number of carboxylic acid groups (broad SMARTS) is 2. The van der Waals surface area contributed by atoms with Gasteiger partial charge in [-0.05, 0) is 5.56 Å². The van der Waals surface area contributed by atoms with E-state index in [9.17, 15) is 14.4 Å². The first-order valence-electron chi connectivity index (χ1n) is 5.67. The fourth-order valence-corrected chi connectivity index (χ4v) is 1.11. The lowest BCUT2D eigenvalue weighted by molar-refractivity contribution is -0.144. The van der Waals surface area contributed by atoms with Crippen molar-refractivity contribution in [3.05, 3.63) is 35.9 Å². The summed E-state index contributed by atoms with van der Waals surface area (Å²) >= 11 is 0. The third-order valence-electron chi connectivity index (χ3n) is 2.13. The van der Waals surface area contributed by atoms with Gasteiger partial charge in [0, 0.05) is 0 Å². The predicted molar refractivity (Wildman–Crippen MR) is 70.0 cm³/mol. The van der Waals surface area contributed by atoms with Crippen LogP contribution < -0.4 is 5.73 Å². The highest BCUT2D eigenvalue weighted by molar-refractivity contribution is 5.80. The maximum absolute atomic E-state index is 10.8. The van der Waals surface area contributed by atoms with Crippen LogP contribution in [0.1, 0.15) is 12.0 Å². The standard InChI is InChI=1S/C9H10O2.C4H7NO4/c1-11-9(10)7-8-5-3-2-4-6-8;5-2(4(8)9)1-3(6)7/h2-6H,7H2,1H3;2H,1,5H2,(H,6,7)(H,8,9). The predicted octanol–water partition coefficient (Wildman–Crippen LogP) is 0.275. The van der Waals surface area contributed by atoms with Crippen LogP contribution >= 0.6 is 0 Å². The molecule has 1 aromatic carbocycles. The van der Waals surface area contributed by atoms with Gasteiger partial charge in [0.25, 0.3) is 0 Å². The fourth-order valence-electron chi connectivity index (χ4n) is 1.11. The molecule has 20 heavy (non-hydrogen) atoms. The van der Waals surface area contributed by atoms with Crippen molar-refractivity contribution in [2.75, 3.05) is 7.11 Å². The molecule has 7 heteroatoms. The second-order valence-electron chi connectivity index (χ2n) is 3.78. The fraction of sp³-hybridized carbons (Fsp3) is 0.308. The van der Waals surface area contributed by atoms with Crippen molar-refractivity contribution >= 4 is 17.9 Å². The topological polar surface area (TPSA) is 127 Å². The van der Waals surface area contributed by atoms with Gasteiger partial charge in [0.05, 0.1) is 20.0 Å². The van der Waals surface area contributed by atoms with Crippen LogP contribution in [0.2, 0.25) is 0 Å². The molecule has 1 atom stereocenters. The Balaban J connectivity index is 0.000000370. The molecule has 1 rings (SSSR count). The molecule has 0 aliphatic carbocycles. The zero-order valence-corrected chi connectivity index (χ0v) is 11.0. The van der Waals surface area contributed by atoms with Crippen molar-refractivity contribution in [1.82, 2.24) is 0 Å². The number of aliphatic carboxylic acids is 2. The zero-order valence-electron chi connectivity index (χ0n) is 11.0. The second-order valence-corrected chi connectivity index (χ2v) is 3.78. The lowest BCUT2D eigenvalue weighted by atomic mass is 10.2. The van der Waals surface area contributed by atoms with Crippen LogP contribution in [0.3, 0.4) is 0 Å². The summed E-state index contributed by atoms with van der Waals surface area (Å²) in [5.41, 5.74) is 5.82. The monoisotopic (exact) mass is 283 g/mol. The van der Waals surface area contributed by atoms with E-state index in [2.05, 4.69) is 4.74 Å². The number of ether oxygens (including phenoxy) is 1. The lowest BCUT2D eigenvalue weighted by Gasteiger charge is -1.99. The number of hydrogen-bond donors (Lipinski definition) is 3. The number of rotatable bonds is 5. The van der Waals surface area contributed by atoms with Gasteiger partial charge in [-0.15, -0.1) is 0 Å². The molecule has 4 N–H and O–H groups in total. The third kappa shape index (κ3) is 8.65. The van der Waals surface area contributed by atoms with E-state index in [4.69, 9.17) is 15.9 Å². The first-order valence-corrected chi connectivity index (χ1v) is 5.67. The molecule has 1 unspecified atom stereocenters. The van der Waals surface area contributed by atoms with Gasteiger partial charge in [-0.2, -0.15) is 0 Å². The minimum absolute atomic E-state index is 0.198. The summed E-state index contributed by atoms with van der Waals surface area (Å²) in [4.78, 5) is 30.4. The molecule has 1 aromatic rings. The third-order valence-corrected chi connectivity index (χ3v) is 2.13. The number of methoxy groups -OCH3 is 1. The Labute approximate surface area is 116 Å². The van der Waals surface area contributed by atoms with E-state index in [1.807, 2.05) is 30.3 Å². The van der Waals surface area contributed by atoms with Crippen molar-refractivity contribution in [1.29, 1.82) is 0 Å². The summed E-state index contributed by atoms with van der Waals surface area (Å²) in [6.45, 7) is 0. The summed E-state index contributed by atoms with van der Waals surface area (Å²) in [5, 5.41) is 16.0. The average Bonchev–Trinajstić information content (AvgIpc) is 2.39. The van der Waals surface area contributed by atoms with Crippen molar-refractivity contribution in [3.63, 3.8) is 0 Å². The van der Waals surface area contributed by atoms with Crippen LogP contribution in [-0.2, 0) is 25.5 Å². The molecule has 7 nitrogen and oxygen atoms in total. The smallest absolute Gasteiger partial charge is 0.321 e. The quantitative estimate of drug-likeness (QED) is 0.662. The average molecular weight is 283 g/mol. The Morgan fingerprint density at radius 1 is 1.20 bits per heavy atom. The molecule has 110 valence electrons. The highest BCUT2D eigenvalue weighted by atomic mass is 16.5. The van der Waals surface area contributed by atoms with E-state index in [0.29, 0.717) is 6.42 Å². The van der Waals surface area contributed by atoms with Crippen LogP contribution in [0.4, 0.5) is 0 Å². The molecule has 0 aliphatic rings. The van der Waals surface area contributed by atoms with Crippen LogP contribution in [0, 0.1) is 0 Å². The number of nitrogens with two attached hydrogens (primary N) is 1. The largest absolute Gasteiger partial charge is 0.481 e. The Morgan fingerprint density at radius 3 is 2.10 bits per heavy atom. The highest BCUT2D eigenvalue weighted by Crippen LogP contribution is 1.99. The van der Waals surface area contributed by atoms with E-state index >= 15 is 0 Å². The van der Waals surface area contributed by atoms with E-state index in [-0.39, 0.29) is 5.97 Å². The maximum atomic E-state index is 10.8. The van der Waals surface area contributed by atoms with Crippen molar-refractivity contribution < 1.29 is 29.3 Å². The van der Waals surface area contributed by atoms with Crippen LogP contribution in [0.25, 0.3) is 0 Å². The van der Waals surface area contributed by atoms with Gasteiger partial charge in [-0.1, -0.05) is 30.3 Å². The molecule has 0 heterocycles. The Kier molecular flexibility index (Phi) is 8.36. The van der Waals surface area contributed by atoms with Gasteiger partial charge in [0.15, 0.2) is 0 Å². The number of hydrogen-bond acceptors (Lipinski definition) is 5. The Morgan fingerprint density at radius 2 is 1.75 bits per heavy atom. The molecule has 0 fully saturated rings. The van der Waals surface area contributed by atoms with Gasteiger partial charge < -0.3 is 20.7 Å². The molecule has 0 aliphatic heterocycles. The molecule has 0 radical (unpaired) electrons. The molecule has 0 bridgehead atoms. The van der Waals surface area contributed by atoms with E-state index in [0.717, 1.165) is 5.56 Å². The first kappa shape index (κ1) is 17.6. The van der Waals surface area contributed by atoms with Crippen LogP contribution in [0.15, 0.2) is 30.3 Å². The summed E-state index contributed by atoms with van der Waals surface area (Å²) in [6, 6.07) is 8.23. The number of esters is 1. The van der Waals surface area contributed by atoms with E-state index < -0.39 is 24.4 Å². The second kappa shape index (κ2) is 9.51. The highest BCUT2D eigenvalue weighted by Gasteiger charge is 2.14. The molecule has 0 saturated heterocycles. The lowest BCUT2D eigenvalue weighted by Crippen LogP contribution is -2.32. The van der Waals surface area contributed by atoms with Gasteiger partial charge in [0.1, 0.15) is 6.04 Å². The molecule has 0 saturated carbocycles. The van der Waals surface area contributed by atoms with E-state index in [1.165, 1.54) is 7.11 Å². The normalized spacial score (nSPS) is 10.7. The molecular weight excluding hydrogens is 266 g/mol. The van der Waals surface area contributed by atoms with Crippen LogP contribution in [-0.4, -0.2) is 41.3 Å². The van der Waals surface area contributed by atoms with Gasteiger partial charge in [-0.25, -0.2) is 0 Å². The summed E-state index contributed by atoms with van der Waals surface area (Å²) in [7, 11) is 1.39. The van der Waals surface area contributed by atoms with Gasteiger partial charge in [-0.3, -0.25) is 14.4 Å². The molecule has 0 aromatic heterocycles. The summed E-state index contributed by atoms with van der Waals surface area (Å²) in [6.07, 6.45) is -0.174. The van der Waals surface area contributed by atoms with Crippen molar-refractivity contribution in [2.45, 2.75) is 18.9 Å². The van der Waals surface area contributed by atoms with E-state index in [1.54, 1.807) is 0 Å². The minimum Gasteiger partial charge on any atom is -0.481 e. The van der Waals surface area contributed by atoms with Gasteiger partial charge >= 0.3 is 17.9 Å². The summed E-state index contributed by atoms with van der Waals surface area (Å²) < 4.78 is 4.52. The van der Waals surface area contributed by atoms with Gasteiger partial charge in [0.2, 0.25) is 0 Å². The molecule has 0 spiro atoms. The summed E-state index contributed by atoms with van der Waals surface area (Å²) in [5.74, 6) is -2.70. The molecule has 0 amide bonds. The Bertz CT molecular complexity index is 445. The number of carboxylic acids is 2. The maximum Gasteiger partial charge on any atom is 0.321 e. The Hall–Kier alpha value is -2.41. The van der Waals surface area contributed by atoms with Crippen LogP contribution in [0.5, 0.6) is 0 Å². The minimum atomic E-state index is -1.29. The zero-order chi connectivity index (χ0) is 15.5. The SMILES string of the molecule is COC(=O)Cc1ccccc1.NC(CC(=O)O)C(=O)O. The number of carbonyl (C=O) groups excluding carboxylic acids is 1.